The molecule has 226 valence electrons. The van der Waals surface area contributed by atoms with Crippen molar-refractivity contribution in [1.82, 2.24) is 15.5 Å². The number of non-ortho nitro benzene ring substituents is 1. The summed E-state index contributed by atoms with van der Waals surface area (Å²) in [6.45, 7) is 5.36. The van der Waals surface area contributed by atoms with E-state index in [2.05, 4.69) is 10.6 Å². The smallest absolute Gasteiger partial charge is 0.269 e. The van der Waals surface area contributed by atoms with Crippen LogP contribution in [0, 0.1) is 17.0 Å². The number of nitrogens with one attached hydrogen (secondary N) is 2. The zero-order chi connectivity index (χ0) is 31.3. The van der Waals surface area contributed by atoms with E-state index in [4.69, 9.17) is 0 Å². The molecule has 11 nitrogen and oxygen atoms in total. The minimum atomic E-state index is -1.68. The summed E-state index contributed by atoms with van der Waals surface area (Å²) in [7, 11) is 0. The topological polar surface area (TPSA) is 162 Å². The number of thioether (sulfide) groups is 1. The van der Waals surface area contributed by atoms with Gasteiger partial charge in [-0.25, -0.2) is 0 Å². The monoisotopic (exact) mass is 606 g/mol. The summed E-state index contributed by atoms with van der Waals surface area (Å²) in [6, 6.07) is 17.5. The number of carbonyl (C=O) groups excluding carboxylic acids is 3. The van der Waals surface area contributed by atoms with Gasteiger partial charge < -0.3 is 25.7 Å². The number of amides is 3. The number of nitro benzene ring substituents is 1. The van der Waals surface area contributed by atoms with Crippen LogP contribution in [-0.4, -0.2) is 66.6 Å². The summed E-state index contributed by atoms with van der Waals surface area (Å²) in [5.74, 6) is -1.61. The number of hydrogen-bond acceptors (Lipinski definition) is 8. The molecule has 0 aliphatic carbocycles. The van der Waals surface area contributed by atoms with Crippen LogP contribution >= 0.6 is 11.8 Å². The lowest BCUT2D eigenvalue weighted by molar-refractivity contribution is -0.384. The Hall–Kier alpha value is -4.42. The molecule has 4 rings (SSSR count). The molecule has 1 saturated heterocycles. The molecule has 0 aromatic heterocycles. The van der Waals surface area contributed by atoms with Crippen LogP contribution in [0.4, 0.5) is 5.69 Å². The number of aliphatic hydroxyl groups is 1. The van der Waals surface area contributed by atoms with E-state index in [1.165, 1.54) is 40.9 Å². The number of rotatable bonds is 10. The minimum absolute atomic E-state index is 0.0530. The SMILES string of the molecule is Cc1c(O)cccc1C(=O)N[C@@H](Cc1ccccc1)[C@H](O)C(=O)N1CSC(C)(C)[C@H]1C(=O)NCc1ccc([N+](=O)[O-])cc1. The van der Waals surface area contributed by atoms with Crippen LogP contribution in [0.25, 0.3) is 0 Å². The minimum Gasteiger partial charge on any atom is -0.508 e. The van der Waals surface area contributed by atoms with Crippen molar-refractivity contribution in [2.75, 3.05) is 5.88 Å². The highest BCUT2D eigenvalue weighted by Crippen LogP contribution is 2.40. The molecule has 0 unspecified atom stereocenters. The fourth-order valence-electron chi connectivity index (χ4n) is 5.00. The van der Waals surface area contributed by atoms with Crippen LogP contribution < -0.4 is 10.6 Å². The average Bonchev–Trinajstić information content (AvgIpc) is 3.31. The first-order valence-corrected chi connectivity index (χ1v) is 14.6. The number of carbonyl (C=O) groups is 3. The summed E-state index contributed by atoms with van der Waals surface area (Å²) in [6.07, 6.45) is -1.54. The molecule has 3 aromatic carbocycles. The van der Waals surface area contributed by atoms with Crippen LogP contribution in [-0.2, 0) is 22.6 Å². The lowest BCUT2D eigenvalue weighted by Gasteiger charge is -2.33. The number of aliphatic hydroxyl groups excluding tert-OH is 1. The van der Waals surface area contributed by atoms with Gasteiger partial charge in [0.15, 0.2) is 6.10 Å². The van der Waals surface area contributed by atoms with Gasteiger partial charge in [0.25, 0.3) is 17.5 Å². The molecule has 1 aliphatic rings. The maximum absolute atomic E-state index is 13.8. The Kier molecular flexibility index (Phi) is 9.72. The van der Waals surface area contributed by atoms with Crippen LogP contribution in [0.15, 0.2) is 72.8 Å². The van der Waals surface area contributed by atoms with Crippen molar-refractivity contribution in [1.29, 1.82) is 0 Å². The Bertz CT molecular complexity index is 1500. The average molecular weight is 607 g/mol. The second-order valence-electron chi connectivity index (χ2n) is 10.9. The van der Waals surface area contributed by atoms with Gasteiger partial charge in [-0.1, -0.05) is 48.5 Å². The van der Waals surface area contributed by atoms with Gasteiger partial charge in [0.2, 0.25) is 5.91 Å². The molecule has 3 amide bonds. The molecule has 12 heteroatoms. The Morgan fingerprint density at radius 2 is 1.72 bits per heavy atom. The molecular formula is C31H34N4O7S. The molecule has 3 aromatic rings. The van der Waals surface area contributed by atoms with Crippen LogP contribution in [0.2, 0.25) is 0 Å². The Balaban J connectivity index is 1.53. The van der Waals surface area contributed by atoms with Crippen molar-refractivity contribution >= 4 is 35.2 Å². The number of aromatic hydroxyl groups is 1. The third-order valence-electron chi connectivity index (χ3n) is 7.49. The number of phenols is 1. The van der Waals surface area contributed by atoms with Gasteiger partial charge in [0.1, 0.15) is 11.8 Å². The molecule has 43 heavy (non-hydrogen) atoms. The standard InChI is InChI=1S/C31H34N4O7S/c1-19-23(10-7-11-25(19)36)28(38)33-24(16-20-8-5-4-6-9-20)26(37)30(40)34-18-43-31(2,3)27(34)29(39)32-17-21-12-14-22(15-13-21)35(41)42/h4-15,24,26-27,36-37H,16-18H2,1-3H3,(H,32,39)(H,33,38)/t24-,26-,27+/m0/s1. The molecular weight excluding hydrogens is 572 g/mol. The van der Waals surface area contributed by atoms with Crippen molar-refractivity contribution in [2.24, 2.45) is 0 Å². The number of phenolic OH excluding ortho intramolecular Hbond substituents is 1. The Morgan fingerprint density at radius 1 is 1.05 bits per heavy atom. The van der Waals surface area contributed by atoms with E-state index >= 15 is 0 Å². The lowest BCUT2D eigenvalue weighted by atomic mass is 9.96. The maximum atomic E-state index is 13.8. The van der Waals surface area contributed by atoms with E-state index in [9.17, 15) is 34.7 Å². The fraction of sp³-hybridized carbons (Fsp3) is 0.323. The number of nitro groups is 1. The van der Waals surface area contributed by atoms with E-state index in [0.29, 0.717) is 11.1 Å². The van der Waals surface area contributed by atoms with E-state index in [-0.39, 0.29) is 35.8 Å². The van der Waals surface area contributed by atoms with Crippen molar-refractivity contribution in [2.45, 2.75) is 56.7 Å². The van der Waals surface area contributed by atoms with Crippen LogP contribution in [0.5, 0.6) is 5.75 Å². The number of nitrogens with zero attached hydrogens (tertiary/aromatic N) is 2. The van der Waals surface area contributed by atoms with Gasteiger partial charge in [-0.3, -0.25) is 24.5 Å². The Labute approximate surface area is 253 Å². The third-order valence-corrected chi connectivity index (χ3v) is 8.86. The normalized spacial score (nSPS) is 17.1. The van der Waals surface area contributed by atoms with Gasteiger partial charge in [-0.15, -0.1) is 11.8 Å². The van der Waals surface area contributed by atoms with E-state index < -0.39 is 45.6 Å². The largest absolute Gasteiger partial charge is 0.508 e. The summed E-state index contributed by atoms with van der Waals surface area (Å²) < 4.78 is -0.689. The molecule has 1 heterocycles. The van der Waals surface area contributed by atoms with E-state index in [1.54, 1.807) is 25.1 Å². The summed E-state index contributed by atoms with van der Waals surface area (Å²) >= 11 is 1.39. The number of benzene rings is 3. The lowest BCUT2D eigenvalue weighted by Crippen LogP contribution is -2.58. The van der Waals surface area contributed by atoms with Crippen LogP contribution in [0.1, 0.15) is 40.9 Å². The van der Waals surface area contributed by atoms with Gasteiger partial charge in [0, 0.05) is 34.6 Å². The zero-order valence-electron chi connectivity index (χ0n) is 24.0. The molecule has 1 fully saturated rings. The predicted molar refractivity (Wildman–Crippen MR) is 162 cm³/mol. The highest BCUT2D eigenvalue weighted by atomic mass is 32.2. The fourth-order valence-corrected chi connectivity index (χ4v) is 6.14. The van der Waals surface area contributed by atoms with Crippen LogP contribution in [0.3, 0.4) is 0 Å². The van der Waals surface area contributed by atoms with E-state index in [1.807, 2.05) is 44.2 Å². The highest BCUT2D eigenvalue weighted by Gasteiger charge is 2.49. The summed E-state index contributed by atoms with van der Waals surface area (Å²) in [5.41, 5.74) is 1.93. The molecule has 4 N–H and O–H groups in total. The second-order valence-corrected chi connectivity index (χ2v) is 12.5. The molecule has 1 aliphatic heterocycles. The van der Waals surface area contributed by atoms with Crippen molar-refractivity contribution in [3.63, 3.8) is 0 Å². The number of hydrogen-bond donors (Lipinski definition) is 4. The zero-order valence-corrected chi connectivity index (χ0v) is 24.8. The first kappa shape index (κ1) is 31.5. The second kappa shape index (κ2) is 13.3. The maximum Gasteiger partial charge on any atom is 0.269 e. The quantitative estimate of drug-likeness (QED) is 0.202. The van der Waals surface area contributed by atoms with Gasteiger partial charge in [-0.05, 0) is 50.5 Å². The van der Waals surface area contributed by atoms with Gasteiger partial charge in [0.05, 0.1) is 16.8 Å². The van der Waals surface area contributed by atoms with Crippen molar-refractivity contribution in [3.8, 4) is 5.75 Å². The molecule has 3 atom stereocenters. The van der Waals surface area contributed by atoms with Crippen molar-refractivity contribution in [3.05, 3.63) is 105 Å². The van der Waals surface area contributed by atoms with E-state index in [0.717, 1.165) is 5.56 Å². The first-order valence-electron chi connectivity index (χ1n) is 13.7. The molecule has 0 radical (unpaired) electrons. The first-order chi connectivity index (χ1) is 20.4. The Morgan fingerprint density at radius 3 is 2.37 bits per heavy atom. The van der Waals surface area contributed by atoms with Gasteiger partial charge in [-0.2, -0.15) is 0 Å². The molecule has 0 spiro atoms. The summed E-state index contributed by atoms with van der Waals surface area (Å²) in [4.78, 5) is 52.3. The molecule has 0 bridgehead atoms. The van der Waals surface area contributed by atoms with Crippen molar-refractivity contribution < 1.29 is 29.5 Å². The molecule has 0 saturated carbocycles. The summed E-state index contributed by atoms with van der Waals surface area (Å²) in [5, 5.41) is 38.0. The predicted octanol–water partition coefficient (Wildman–Crippen LogP) is 3.31. The third kappa shape index (κ3) is 7.33. The highest BCUT2D eigenvalue weighted by molar-refractivity contribution is 8.00. The van der Waals surface area contributed by atoms with Gasteiger partial charge >= 0.3 is 0 Å².